The number of benzene rings is 6. The number of aromatic carboxylic acids is 4. The Hall–Kier alpha value is -7.60. The highest BCUT2D eigenvalue weighted by atomic mass is 16.6. The molecule has 0 radical (unpaired) electrons. The molecule has 3 aliphatic rings. The highest BCUT2D eigenvalue weighted by Gasteiger charge is 2.47. The summed E-state index contributed by atoms with van der Waals surface area (Å²) in [7, 11) is 0. The molecular weight excluding hydrogens is 684 g/mol. The molecule has 0 atom stereocenters. The first-order valence-electron chi connectivity index (χ1n) is 16.0. The van der Waals surface area contributed by atoms with Crippen molar-refractivity contribution in [3.05, 3.63) is 154 Å². The number of ether oxygens (including phenoxy) is 4. The zero-order chi connectivity index (χ0) is 36.8. The van der Waals surface area contributed by atoms with Crippen LogP contribution in [0.2, 0.25) is 0 Å². The lowest BCUT2D eigenvalue weighted by Crippen LogP contribution is -2.28. The maximum atomic E-state index is 11.9. The van der Waals surface area contributed by atoms with Crippen LogP contribution in [0.3, 0.4) is 0 Å². The molecule has 0 saturated carbocycles. The molecule has 12 nitrogen and oxygen atoms in total. The van der Waals surface area contributed by atoms with E-state index in [-0.39, 0.29) is 46.0 Å². The Bertz CT molecular complexity index is 2470. The largest absolute Gasteiger partial charge is 0.478 e. The summed E-state index contributed by atoms with van der Waals surface area (Å²) in [5.41, 5.74) is 2.46. The quantitative estimate of drug-likeness (QED) is 0.129. The van der Waals surface area contributed by atoms with Crippen LogP contribution in [0.5, 0.6) is 46.0 Å². The van der Waals surface area contributed by atoms with Crippen LogP contribution in [0.4, 0.5) is 0 Å². The van der Waals surface area contributed by atoms with E-state index in [0.717, 1.165) is 57.6 Å². The van der Waals surface area contributed by atoms with E-state index < -0.39 is 51.5 Å². The molecule has 0 bridgehead atoms. The van der Waals surface area contributed by atoms with Gasteiger partial charge in [0.2, 0.25) is 0 Å². The average Bonchev–Trinajstić information content (AvgIpc) is 3.45. The summed E-state index contributed by atoms with van der Waals surface area (Å²) in [4.78, 5) is 47.6. The number of fused-ring (bicyclic) bond motifs is 7. The first kappa shape index (κ1) is 31.4. The van der Waals surface area contributed by atoms with Crippen molar-refractivity contribution in [3.63, 3.8) is 0 Å². The normalized spacial score (nSPS) is 13.5. The van der Waals surface area contributed by atoms with E-state index in [1.807, 2.05) is 60.7 Å². The number of hydrogen-bond donors (Lipinski definition) is 4. The monoisotopic (exact) mass is 706 g/mol. The van der Waals surface area contributed by atoms with Gasteiger partial charge in [-0.3, -0.25) is 0 Å². The predicted molar refractivity (Wildman–Crippen MR) is 185 cm³/mol. The lowest BCUT2D eigenvalue weighted by Gasteiger charge is -2.35. The lowest BCUT2D eigenvalue weighted by atomic mass is 9.67. The number of rotatable bonds is 6. The maximum absolute atomic E-state index is 11.9. The molecular formula is C41H22O12. The highest BCUT2D eigenvalue weighted by molar-refractivity contribution is 6.03. The van der Waals surface area contributed by atoms with E-state index in [2.05, 4.69) is 0 Å². The zero-order valence-electron chi connectivity index (χ0n) is 26.9. The maximum Gasteiger partial charge on any atom is 0.336 e. The van der Waals surface area contributed by atoms with Crippen LogP contribution in [0.1, 0.15) is 63.7 Å². The van der Waals surface area contributed by atoms with E-state index in [4.69, 9.17) is 18.9 Å². The smallest absolute Gasteiger partial charge is 0.336 e. The van der Waals surface area contributed by atoms with Crippen LogP contribution in [-0.2, 0) is 5.41 Å². The minimum absolute atomic E-state index is 0.0307. The summed E-state index contributed by atoms with van der Waals surface area (Å²) in [5.74, 6) is -4.48. The molecule has 0 spiro atoms. The van der Waals surface area contributed by atoms with Crippen LogP contribution >= 0.6 is 0 Å². The number of carbonyl (C=O) groups is 4. The van der Waals surface area contributed by atoms with Crippen LogP contribution in [0, 0.1) is 0 Å². The molecule has 0 aromatic heterocycles. The molecule has 0 unspecified atom stereocenters. The molecule has 4 N–H and O–H groups in total. The van der Waals surface area contributed by atoms with Gasteiger partial charge in [-0.1, -0.05) is 60.7 Å². The number of carboxylic acids is 4. The van der Waals surface area contributed by atoms with Gasteiger partial charge in [0.25, 0.3) is 0 Å². The summed E-state index contributed by atoms with van der Waals surface area (Å²) < 4.78 is 24.6. The summed E-state index contributed by atoms with van der Waals surface area (Å²) in [6.07, 6.45) is 0. The Balaban J connectivity index is 1.22. The Kier molecular flexibility index (Phi) is 6.63. The van der Waals surface area contributed by atoms with Crippen molar-refractivity contribution in [1.29, 1.82) is 0 Å². The van der Waals surface area contributed by atoms with Crippen LogP contribution in [0.15, 0.2) is 109 Å². The first-order chi connectivity index (χ1) is 25.5. The van der Waals surface area contributed by atoms with Gasteiger partial charge in [0.05, 0.1) is 27.7 Å². The molecule has 2 heterocycles. The first-order valence-corrected chi connectivity index (χ1v) is 16.0. The van der Waals surface area contributed by atoms with Crippen LogP contribution in [-0.4, -0.2) is 44.3 Å². The van der Waals surface area contributed by atoms with Crippen molar-refractivity contribution in [2.24, 2.45) is 0 Å². The second-order valence-corrected chi connectivity index (χ2v) is 12.5. The molecule has 6 aromatic rings. The van der Waals surface area contributed by atoms with Crippen LogP contribution < -0.4 is 18.9 Å². The molecule has 0 amide bonds. The van der Waals surface area contributed by atoms with Gasteiger partial charge in [-0.2, -0.15) is 0 Å². The van der Waals surface area contributed by atoms with E-state index in [0.29, 0.717) is 0 Å². The fourth-order valence-corrected chi connectivity index (χ4v) is 7.46. The minimum atomic E-state index is -1.44. The Morgan fingerprint density at radius 2 is 0.679 bits per heavy atom. The van der Waals surface area contributed by atoms with Gasteiger partial charge in [-0.05, 0) is 57.6 Å². The summed E-state index contributed by atoms with van der Waals surface area (Å²) in [5, 5.41) is 38.7. The lowest BCUT2D eigenvalue weighted by molar-refractivity contribution is 0.0651. The van der Waals surface area contributed by atoms with Crippen LogP contribution in [0.25, 0.3) is 11.1 Å². The van der Waals surface area contributed by atoms with Crippen molar-refractivity contribution < 1.29 is 58.6 Å². The third kappa shape index (κ3) is 4.55. The van der Waals surface area contributed by atoms with Crippen molar-refractivity contribution in [1.82, 2.24) is 0 Å². The standard InChI is InChI=1S/C41H22O12/c42-37(43)23-15-33-35(17-25(23)39(46)47)52-31-13-19(9-11-29(31)50-33)41(27-7-3-1-5-21(27)22-6-2-4-8-28(22)41)20-10-12-30-32(14-20)53-36-18-26(40(48)49)24(38(44)45)16-34(36)51-30/h1-18H,(H,42,43)(H,44,45)(H,46,47)(H,48,49). The average molecular weight is 707 g/mol. The van der Waals surface area contributed by atoms with Gasteiger partial charge in [-0.25, -0.2) is 19.2 Å². The summed E-state index contributed by atoms with van der Waals surface area (Å²) >= 11 is 0. The van der Waals surface area contributed by atoms with E-state index >= 15 is 0 Å². The second kappa shape index (κ2) is 11.2. The Morgan fingerprint density at radius 3 is 1.02 bits per heavy atom. The minimum Gasteiger partial charge on any atom is -0.478 e. The molecule has 6 aromatic carbocycles. The molecule has 0 saturated heterocycles. The van der Waals surface area contributed by atoms with Gasteiger partial charge in [0.1, 0.15) is 0 Å². The summed E-state index contributed by atoms with van der Waals surface area (Å²) in [6, 6.07) is 31.1. The van der Waals surface area contributed by atoms with Gasteiger partial charge in [0, 0.05) is 24.3 Å². The van der Waals surface area contributed by atoms with Crippen molar-refractivity contribution in [3.8, 4) is 57.1 Å². The van der Waals surface area contributed by atoms with Crippen molar-refractivity contribution >= 4 is 23.9 Å². The molecule has 12 heteroatoms. The highest BCUT2D eigenvalue weighted by Crippen LogP contribution is 2.59. The van der Waals surface area contributed by atoms with Gasteiger partial charge in [0.15, 0.2) is 46.0 Å². The molecule has 2 aliphatic heterocycles. The fourth-order valence-electron chi connectivity index (χ4n) is 7.46. The third-order valence-corrected chi connectivity index (χ3v) is 9.67. The molecule has 1 aliphatic carbocycles. The SMILES string of the molecule is O=C(O)c1cc2c(cc1C(=O)O)Oc1cc(C3(c4ccc5c(c4)Oc4cc(C(=O)O)c(C(=O)O)cc4O5)c4ccccc4-c4ccccc43)ccc1O2. The number of carboxylic acid groups (broad SMARTS) is 4. The summed E-state index contributed by atoms with van der Waals surface area (Å²) in [6.45, 7) is 0. The van der Waals surface area contributed by atoms with Crippen molar-refractivity contribution in [2.75, 3.05) is 0 Å². The second-order valence-electron chi connectivity index (χ2n) is 12.5. The topological polar surface area (TPSA) is 186 Å². The van der Waals surface area contributed by atoms with Gasteiger partial charge in [-0.15, -0.1) is 0 Å². The van der Waals surface area contributed by atoms with Crippen molar-refractivity contribution in [2.45, 2.75) is 5.41 Å². The predicted octanol–water partition coefficient (Wildman–Crippen LogP) is 8.64. The van der Waals surface area contributed by atoms with E-state index in [1.165, 1.54) is 0 Å². The molecule has 258 valence electrons. The van der Waals surface area contributed by atoms with E-state index in [9.17, 15) is 39.6 Å². The molecule has 0 fully saturated rings. The zero-order valence-corrected chi connectivity index (χ0v) is 26.9. The third-order valence-electron chi connectivity index (χ3n) is 9.67. The fraction of sp³-hybridized carbons (Fsp3) is 0.0244. The molecule has 9 rings (SSSR count). The number of hydrogen-bond acceptors (Lipinski definition) is 8. The van der Waals surface area contributed by atoms with E-state index in [1.54, 1.807) is 24.3 Å². The Morgan fingerprint density at radius 1 is 0.377 bits per heavy atom. The van der Waals surface area contributed by atoms with Gasteiger partial charge >= 0.3 is 23.9 Å². The Labute approximate surface area is 298 Å². The van der Waals surface area contributed by atoms with Gasteiger partial charge < -0.3 is 39.4 Å². The molecule has 53 heavy (non-hydrogen) atoms.